The van der Waals surface area contributed by atoms with Gasteiger partial charge in [-0.1, -0.05) is 19.4 Å². The molecule has 0 spiro atoms. The van der Waals surface area contributed by atoms with Crippen LogP contribution in [-0.4, -0.2) is 36.5 Å². The number of fused-ring (bicyclic) bond motifs is 1. The molecule has 0 unspecified atom stereocenters. The van der Waals surface area contributed by atoms with Gasteiger partial charge in [-0.2, -0.15) is 15.1 Å². The van der Waals surface area contributed by atoms with E-state index in [1.54, 1.807) is 35.0 Å². The zero-order chi connectivity index (χ0) is 22.1. The summed E-state index contributed by atoms with van der Waals surface area (Å²) in [5.74, 6) is -0.531. The second-order valence-electron chi connectivity index (χ2n) is 7.15. The molecule has 0 radical (unpaired) electrons. The number of nitro benzene ring substituents is 1. The third-order valence-corrected chi connectivity index (χ3v) is 5.94. The second kappa shape index (κ2) is 8.31. The fourth-order valence-corrected chi connectivity index (χ4v) is 4.24. The van der Waals surface area contributed by atoms with E-state index in [9.17, 15) is 14.9 Å². The molecule has 1 amide bonds. The van der Waals surface area contributed by atoms with Crippen LogP contribution in [0.15, 0.2) is 52.2 Å². The molecule has 2 aromatic rings. The molecule has 0 aliphatic carbocycles. The summed E-state index contributed by atoms with van der Waals surface area (Å²) >= 11 is 1.33. The standard InChI is InChI=1S/C21H20N6O3S/c1-3-4-7-18-24-26-19(22)16(20(28)23-21(26)31-18)11-14-6-5-10-25(14)17-12-15(27(29)30)9-8-13(17)2/h5-6,8-12,22H,3-4,7H2,1-2H3/b16-11-,22-19?. The molecule has 0 fully saturated rings. The molecule has 10 heteroatoms. The lowest BCUT2D eigenvalue weighted by Gasteiger charge is -2.20. The normalized spacial score (nSPS) is 17.1. The van der Waals surface area contributed by atoms with Crippen LogP contribution in [0.2, 0.25) is 0 Å². The number of aromatic nitrogens is 1. The Hall–Kier alpha value is -3.53. The molecule has 0 saturated heterocycles. The van der Waals surface area contributed by atoms with Gasteiger partial charge >= 0.3 is 0 Å². The average Bonchev–Trinajstić information content (AvgIpc) is 3.36. The summed E-state index contributed by atoms with van der Waals surface area (Å²) in [6, 6.07) is 8.19. The molecule has 2 aliphatic heterocycles. The molecule has 158 valence electrons. The fraction of sp³-hybridized carbons (Fsp3) is 0.238. The lowest BCUT2D eigenvalue weighted by atomic mass is 10.1. The topological polar surface area (TPSA) is 117 Å². The van der Waals surface area contributed by atoms with Crippen molar-refractivity contribution >= 4 is 45.5 Å². The van der Waals surface area contributed by atoms with Crippen LogP contribution in [0.3, 0.4) is 0 Å². The SMILES string of the molecule is CCCCC1=NN2C(=N)/C(=C/c3cccn3-c3cc([N+](=O)[O-])ccc3C)C(=O)N=C2S1. The van der Waals surface area contributed by atoms with Crippen LogP contribution in [0.1, 0.15) is 37.4 Å². The summed E-state index contributed by atoms with van der Waals surface area (Å²) in [6.45, 7) is 3.95. The van der Waals surface area contributed by atoms with Gasteiger partial charge in [0.2, 0.25) is 5.17 Å². The summed E-state index contributed by atoms with van der Waals surface area (Å²) < 4.78 is 1.75. The van der Waals surface area contributed by atoms with E-state index in [1.165, 1.54) is 28.9 Å². The summed E-state index contributed by atoms with van der Waals surface area (Å²) in [5.41, 5.74) is 2.17. The van der Waals surface area contributed by atoms with Crippen molar-refractivity contribution in [1.82, 2.24) is 9.58 Å². The van der Waals surface area contributed by atoms with E-state index in [1.807, 2.05) is 6.92 Å². The fourth-order valence-electron chi connectivity index (χ4n) is 3.31. The van der Waals surface area contributed by atoms with Gasteiger partial charge < -0.3 is 4.57 Å². The minimum Gasteiger partial charge on any atom is -0.317 e. The molecule has 3 heterocycles. The van der Waals surface area contributed by atoms with Crippen molar-refractivity contribution in [2.75, 3.05) is 0 Å². The number of hydrogen-bond acceptors (Lipinski definition) is 6. The maximum atomic E-state index is 12.7. The summed E-state index contributed by atoms with van der Waals surface area (Å²) in [6.07, 6.45) is 6.13. The Morgan fingerprint density at radius 2 is 2.13 bits per heavy atom. The Morgan fingerprint density at radius 3 is 2.87 bits per heavy atom. The van der Waals surface area contributed by atoms with E-state index in [0.29, 0.717) is 16.5 Å². The number of rotatable bonds is 6. The quantitative estimate of drug-likeness (QED) is 0.406. The van der Waals surface area contributed by atoms with Crippen molar-refractivity contribution in [2.24, 2.45) is 10.1 Å². The maximum absolute atomic E-state index is 12.7. The van der Waals surface area contributed by atoms with E-state index in [-0.39, 0.29) is 17.1 Å². The molecule has 9 nitrogen and oxygen atoms in total. The lowest BCUT2D eigenvalue weighted by molar-refractivity contribution is -0.384. The highest BCUT2D eigenvalue weighted by Crippen LogP contribution is 2.30. The number of hydrazone groups is 1. The lowest BCUT2D eigenvalue weighted by Crippen LogP contribution is -2.35. The smallest absolute Gasteiger partial charge is 0.283 e. The third kappa shape index (κ3) is 3.93. The van der Waals surface area contributed by atoms with Gasteiger partial charge in [-0.3, -0.25) is 20.3 Å². The monoisotopic (exact) mass is 436 g/mol. The second-order valence-corrected chi connectivity index (χ2v) is 8.19. The number of amides is 1. The molecule has 1 aromatic heterocycles. The molecular weight excluding hydrogens is 416 g/mol. The van der Waals surface area contributed by atoms with Crippen LogP contribution in [0.5, 0.6) is 0 Å². The predicted molar refractivity (Wildman–Crippen MR) is 122 cm³/mol. The minimum absolute atomic E-state index is 0.0216. The Kier molecular flexibility index (Phi) is 5.55. The van der Waals surface area contributed by atoms with Gasteiger partial charge in [-0.25, -0.2) is 0 Å². The maximum Gasteiger partial charge on any atom is 0.283 e. The zero-order valence-electron chi connectivity index (χ0n) is 17.0. The highest BCUT2D eigenvalue weighted by Gasteiger charge is 2.35. The Balaban J connectivity index is 1.70. The Labute approximate surface area is 182 Å². The first kappa shape index (κ1) is 20.7. The number of thioether (sulfide) groups is 1. The number of hydrogen-bond donors (Lipinski definition) is 1. The number of carbonyl (C=O) groups excluding carboxylic acids is 1. The minimum atomic E-state index is -0.501. The molecular formula is C21H20N6O3S. The van der Waals surface area contributed by atoms with Crippen molar-refractivity contribution in [2.45, 2.75) is 33.1 Å². The highest BCUT2D eigenvalue weighted by atomic mass is 32.2. The van der Waals surface area contributed by atoms with Crippen molar-refractivity contribution in [3.8, 4) is 5.69 Å². The number of unbranched alkanes of at least 4 members (excludes halogenated alkanes) is 1. The molecule has 4 rings (SSSR count). The Bertz CT molecular complexity index is 1190. The van der Waals surface area contributed by atoms with Crippen molar-refractivity contribution in [3.05, 3.63) is 63.5 Å². The number of aliphatic imine (C=N–C) groups is 1. The number of non-ortho nitro benzene ring substituents is 1. The van der Waals surface area contributed by atoms with E-state index in [4.69, 9.17) is 5.41 Å². The molecule has 0 atom stereocenters. The third-order valence-electron chi connectivity index (χ3n) is 4.98. The first-order valence-corrected chi connectivity index (χ1v) is 10.6. The summed E-state index contributed by atoms with van der Waals surface area (Å²) in [4.78, 5) is 27.5. The Morgan fingerprint density at radius 1 is 1.32 bits per heavy atom. The van der Waals surface area contributed by atoms with Crippen LogP contribution in [0.4, 0.5) is 5.69 Å². The number of nitrogens with zero attached hydrogens (tertiary/aromatic N) is 5. The summed E-state index contributed by atoms with van der Waals surface area (Å²) in [7, 11) is 0. The largest absolute Gasteiger partial charge is 0.317 e. The van der Waals surface area contributed by atoms with Gasteiger partial charge in [0, 0.05) is 24.0 Å². The van der Waals surface area contributed by atoms with Gasteiger partial charge in [0.1, 0.15) is 5.04 Å². The molecule has 0 bridgehead atoms. The van der Waals surface area contributed by atoms with Crippen molar-refractivity contribution in [3.63, 3.8) is 0 Å². The number of aryl methyl sites for hydroxylation is 1. The molecule has 0 saturated carbocycles. The molecule has 2 aliphatic rings. The van der Waals surface area contributed by atoms with Crippen LogP contribution in [0, 0.1) is 22.4 Å². The van der Waals surface area contributed by atoms with E-state index in [0.717, 1.165) is 29.9 Å². The number of benzene rings is 1. The number of amidine groups is 2. The van der Waals surface area contributed by atoms with E-state index in [2.05, 4.69) is 17.0 Å². The molecule has 1 aromatic carbocycles. The number of nitrogens with one attached hydrogen (secondary N) is 1. The van der Waals surface area contributed by atoms with Crippen LogP contribution in [-0.2, 0) is 4.79 Å². The average molecular weight is 436 g/mol. The van der Waals surface area contributed by atoms with Gasteiger partial charge in [0.25, 0.3) is 11.6 Å². The molecule has 1 N–H and O–H groups in total. The van der Waals surface area contributed by atoms with Gasteiger partial charge in [0.15, 0.2) is 5.84 Å². The summed E-state index contributed by atoms with van der Waals surface area (Å²) in [5, 5.41) is 26.8. The van der Waals surface area contributed by atoms with Gasteiger partial charge in [-0.05, 0) is 55.3 Å². The van der Waals surface area contributed by atoms with Gasteiger partial charge in [-0.15, -0.1) is 0 Å². The predicted octanol–water partition coefficient (Wildman–Crippen LogP) is 4.50. The molecule has 31 heavy (non-hydrogen) atoms. The van der Waals surface area contributed by atoms with Crippen LogP contribution >= 0.6 is 11.8 Å². The van der Waals surface area contributed by atoms with Crippen molar-refractivity contribution in [1.29, 1.82) is 5.41 Å². The highest BCUT2D eigenvalue weighted by molar-refractivity contribution is 8.26. The van der Waals surface area contributed by atoms with Crippen molar-refractivity contribution < 1.29 is 9.72 Å². The van der Waals surface area contributed by atoms with E-state index < -0.39 is 10.8 Å². The van der Waals surface area contributed by atoms with Crippen LogP contribution in [0.25, 0.3) is 11.8 Å². The first-order chi connectivity index (χ1) is 14.9. The number of nitro groups is 1. The van der Waals surface area contributed by atoms with Crippen LogP contribution < -0.4 is 0 Å². The first-order valence-electron chi connectivity index (χ1n) is 9.81. The zero-order valence-corrected chi connectivity index (χ0v) is 17.8. The van der Waals surface area contributed by atoms with E-state index >= 15 is 0 Å². The van der Waals surface area contributed by atoms with Gasteiger partial charge in [0.05, 0.1) is 16.2 Å². The number of carbonyl (C=O) groups is 1.